The van der Waals surface area contributed by atoms with Gasteiger partial charge in [0, 0.05) is 39.8 Å². The van der Waals surface area contributed by atoms with Crippen LogP contribution in [0.25, 0.3) is 0 Å². The molecule has 2 fully saturated rings. The van der Waals surface area contributed by atoms with Crippen molar-refractivity contribution in [1.29, 1.82) is 0 Å². The molecule has 0 radical (unpaired) electrons. The standard InChI is InChI=1S/C19H38N4O.HI/c1-4-20-19(22(3)13-14-24-16-18-8-9-18)21-10-6-12-23-11-5-7-17(2)15-23;/h17-18H,4-16H2,1-3H3,(H,20,21);1H. The minimum absolute atomic E-state index is 0. The molecule has 0 aromatic carbocycles. The molecule has 1 saturated heterocycles. The van der Waals surface area contributed by atoms with Gasteiger partial charge < -0.3 is 19.9 Å². The van der Waals surface area contributed by atoms with Crippen molar-refractivity contribution in [2.45, 2.75) is 46.0 Å². The molecule has 2 rings (SSSR count). The summed E-state index contributed by atoms with van der Waals surface area (Å²) in [6.45, 7) is 12.7. The van der Waals surface area contributed by atoms with Crippen LogP contribution in [0.5, 0.6) is 0 Å². The van der Waals surface area contributed by atoms with E-state index in [1.54, 1.807) is 0 Å². The van der Waals surface area contributed by atoms with Crippen molar-refractivity contribution in [3.63, 3.8) is 0 Å². The summed E-state index contributed by atoms with van der Waals surface area (Å²) in [6, 6.07) is 0. The van der Waals surface area contributed by atoms with E-state index < -0.39 is 0 Å². The molecule has 25 heavy (non-hydrogen) atoms. The van der Waals surface area contributed by atoms with Gasteiger partial charge in [0.15, 0.2) is 5.96 Å². The van der Waals surface area contributed by atoms with E-state index in [4.69, 9.17) is 9.73 Å². The van der Waals surface area contributed by atoms with Gasteiger partial charge in [0.1, 0.15) is 0 Å². The molecule has 1 aliphatic carbocycles. The zero-order valence-corrected chi connectivity index (χ0v) is 18.8. The van der Waals surface area contributed by atoms with E-state index in [0.29, 0.717) is 0 Å². The Kier molecular flexibility index (Phi) is 12.1. The molecule has 5 nitrogen and oxygen atoms in total. The zero-order chi connectivity index (χ0) is 17.2. The third-order valence-corrected chi connectivity index (χ3v) is 4.95. The van der Waals surface area contributed by atoms with Gasteiger partial charge in [-0.15, -0.1) is 24.0 Å². The second-order valence-corrected chi connectivity index (χ2v) is 7.58. The van der Waals surface area contributed by atoms with Crippen LogP contribution in [0.1, 0.15) is 46.0 Å². The molecule has 0 bridgehead atoms. The zero-order valence-electron chi connectivity index (χ0n) is 16.5. The Balaban J connectivity index is 0.00000312. The van der Waals surface area contributed by atoms with Crippen LogP contribution < -0.4 is 5.32 Å². The first kappa shape index (κ1) is 23.0. The Hall–Kier alpha value is -0.0800. The number of halogens is 1. The van der Waals surface area contributed by atoms with E-state index in [1.165, 1.54) is 45.3 Å². The molecule has 1 N–H and O–H groups in total. The minimum atomic E-state index is 0. The number of hydrogen-bond donors (Lipinski definition) is 1. The summed E-state index contributed by atoms with van der Waals surface area (Å²) < 4.78 is 5.74. The van der Waals surface area contributed by atoms with Crippen molar-refractivity contribution in [2.24, 2.45) is 16.8 Å². The molecule has 0 spiro atoms. The maximum atomic E-state index is 5.74. The second kappa shape index (κ2) is 13.1. The topological polar surface area (TPSA) is 40.1 Å². The molecule has 0 amide bonds. The van der Waals surface area contributed by atoms with Gasteiger partial charge in [-0.3, -0.25) is 4.99 Å². The van der Waals surface area contributed by atoms with Crippen molar-refractivity contribution < 1.29 is 4.74 Å². The maximum absolute atomic E-state index is 5.74. The summed E-state index contributed by atoms with van der Waals surface area (Å²) in [5, 5.41) is 3.40. The number of nitrogens with one attached hydrogen (secondary N) is 1. The van der Waals surface area contributed by atoms with Crippen LogP contribution in [0.2, 0.25) is 0 Å². The average Bonchev–Trinajstić information content (AvgIpc) is 3.38. The average molecular weight is 466 g/mol. The summed E-state index contributed by atoms with van der Waals surface area (Å²) in [5.74, 6) is 2.72. The smallest absolute Gasteiger partial charge is 0.193 e. The van der Waals surface area contributed by atoms with Crippen molar-refractivity contribution >= 4 is 29.9 Å². The van der Waals surface area contributed by atoms with Crippen LogP contribution in [-0.4, -0.2) is 75.3 Å². The van der Waals surface area contributed by atoms with Gasteiger partial charge in [0.05, 0.1) is 6.61 Å². The summed E-state index contributed by atoms with van der Waals surface area (Å²) in [6.07, 6.45) is 6.61. The number of nitrogens with zero attached hydrogens (tertiary/aromatic N) is 3. The number of ether oxygens (including phenoxy) is 1. The molecule has 0 aromatic heterocycles. The van der Waals surface area contributed by atoms with Crippen LogP contribution in [0.3, 0.4) is 0 Å². The van der Waals surface area contributed by atoms with E-state index in [9.17, 15) is 0 Å². The molecule has 2 aliphatic rings. The van der Waals surface area contributed by atoms with E-state index in [1.807, 2.05) is 0 Å². The highest BCUT2D eigenvalue weighted by Crippen LogP contribution is 2.28. The fourth-order valence-electron chi connectivity index (χ4n) is 3.28. The van der Waals surface area contributed by atoms with Crippen molar-refractivity contribution in [2.75, 3.05) is 59.5 Å². The lowest BCUT2D eigenvalue weighted by Gasteiger charge is -2.30. The quantitative estimate of drug-likeness (QED) is 0.233. The molecule has 1 atom stereocenters. The Morgan fingerprint density at radius 1 is 1.32 bits per heavy atom. The second-order valence-electron chi connectivity index (χ2n) is 7.58. The fourth-order valence-corrected chi connectivity index (χ4v) is 3.28. The first-order valence-electron chi connectivity index (χ1n) is 9.98. The Morgan fingerprint density at radius 2 is 2.12 bits per heavy atom. The van der Waals surface area contributed by atoms with Crippen molar-refractivity contribution in [3.05, 3.63) is 0 Å². The molecule has 1 heterocycles. The van der Waals surface area contributed by atoms with Crippen LogP contribution in [-0.2, 0) is 4.74 Å². The van der Waals surface area contributed by atoms with Crippen LogP contribution in [0.4, 0.5) is 0 Å². The molecule has 6 heteroatoms. The summed E-state index contributed by atoms with van der Waals surface area (Å²) in [5.41, 5.74) is 0. The lowest BCUT2D eigenvalue weighted by Crippen LogP contribution is -2.41. The summed E-state index contributed by atoms with van der Waals surface area (Å²) in [7, 11) is 2.11. The summed E-state index contributed by atoms with van der Waals surface area (Å²) >= 11 is 0. The first-order chi connectivity index (χ1) is 11.7. The number of rotatable bonds is 10. The van der Waals surface area contributed by atoms with Gasteiger partial charge in [0.25, 0.3) is 0 Å². The monoisotopic (exact) mass is 466 g/mol. The summed E-state index contributed by atoms with van der Waals surface area (Å²) in [4.78, 5) is 9.59. The van der Waals surface area contributed by atoms with Crippen LogP contribution in [0, 0.1) is 11.8 Å². The van der Waals surface area contributed by atoms with Gasteiger partial charge in [-0.1, -0.05) is 6.92 Å². The number of guanidine groups is 1. The van der Waals surface area contributed by atoms with Gasteiger partial charge in [-0.2, -0.15) is 0 Å². The fraction of sp³-hybridized carbons (Fsp3) is 0.947. The third kappa shape index (κ3) is 9.99. The lowest BCUT2D eigenvalue weighted by molar-refractivity contribution is 0.115. The Labute approximate surface area is 172 Å². The minimum Gasteiger partial charge on any atom is -0.379 e. The molecular weight excluding hydrogens is 427 g/mol. The molecule has 1 saturated carbocycles. The maximum Gasteiger partial charge on any atom is 0.193 e. The van der Waals surface area contributed by atoms with Crippen LogP contribution in [0.15, 0.2) is 4.99 Å². The Bertz CT molecular complexity index is 376. The Morgan fingerprint density at radius 3 is 2.80 bits per heavy atom. The van der Waals surface area contributed by atoms with E-state index >= 15 is 0 Å². The third-order valence-electron chi connectivity index (χ3n) is 4.95. The SMILES string of the molecule is CCNC(=NCCCN1CCCC(C)C1)N(C)CCOCC1CC1.I. The highest BCUT2D eigenvalue weighted by atomic mass is 127. The molecule has 148 valence electrons. The highest BCUT2D eigenvalue weighted by molar-refractivity contribution is 14.0. The molecular formula is C19H39IN4O. The predicted molar refractivity (Wildman–Crippen MR) is 117 cm³/mol. The number of piperidine rings is 1. The number of likely N-dealkylation sites (N-methyl/N-ethyl adjacent to an activating group) is 1. The number of aliphatic imine (C=N–C) groups is 1. The highest BCUT2D eigenvalue weighted by Gasteiger charge is 2.21. The van der Waals surface area contributed by atoms with Crippen molar-refractivity contribution in [3.8, 4) is 0 Å². The van der Waals surface area contributed by atoms with Crippen LogP contribution >= 0.6 is 24.0 Å². The molecule has 1 aliphatic heterocycles. The van der Waals surface area contributed by atoms with E-state index in [-0.39, 0.29) is 24.0 Å². The number of hydrogen-bond acceptors (Lipinski definition) is 3. The van der Waals surface area contributed by atoms with Gasteiger partial charge in [0.2, 0.25) is 0 Å². The molecule has 1 unspecified atom stereocenters. The largest absolute Gasteiger partial charge is 0.379 e. The first-order valence-corrected chi connectivity index (χ1v) is 9.98. The van der Waals surface area contributed by atoms with Gasteiger partial charge in [-0.05, 0) is 64.0 Å². The van der Waals surface area contributed by atoms with Gasteiger partial charge >= 0.3 is 0 Å². The number of likely N-dealkylation sites (tertiary alicyclic amines) is 1. The van der Waals surface area contributed by atoms with Crippen molar-refractivity contribution in [1.82, 2.24) is 15.1 Å². The molecule has 0 aromatic rings. The van der Waals surface area contributed by atoms with E-state index in [0.717, 1.165) is 57.1 Å². The normalized spacial score (nSPS) is 21.7. The van der Waals surface area contributed by atoms with E-state index in [2.05, 4.69) is 36.0 Å². The lowest BCUT2D eigenvalue weighted by atomic mass is 10.0. The van der Waals surface area contributed by atoms with Gasteiger partial charge in [-0.25, -0.2) is 0 Å². The predicted octanol–water partition coefficient (Wildman–Crippen LogP) is 3.05.